The van der Waals surface area contributed by atoms with Gasteiger partial charge in [0.2, 0.25) is 0 Å². The Kier molecular flexibility index (Phi) is 3.37. The summed E-state index contributed by atoms with van der Waals surface area (Å²) >= 11 is 0. The molecule has 0 heterocycles. The number of para-hydroxylation sites is 1. The summed E-state index contributed by atoms with van der Waals surface area (Å²) in [6.45, 7) is 0. The van der Waals surface area contributed by atoms with Gasteiger partial charge in [-0.15, -0.1) is 0 Å². The van der Waals surface area contributed by atoms with Gasteiger partial charge in [-0.25, -0.2) is 4.79 Å². The number of aldehydes is 1. The Hall–Kier alpha value is -2.17. The monoisotopic (exact) mass is 192 g/mol. The fourth-order valence-electron chi connectivity index (χ4n) is 0.904. The van der Waals surface area contributed by atoms with E-state index in [1.54, 1.807) is 18.2 Å². The fraction of sp³-hybridized carbons (Fsp3) is 0. The van der Waals surface area contributed by atoms with Crippen LogP contribution in [0.25, 0.3) is 0 Å². The second-order valence-corrected chi connectivity index (χ2v) is 2.38. The number of anilines is 1. The molecule has 1 aromatic rings. The highest BCUT2D eigenvalue weighted by Crippen LogP contribution is 2.14. The van der Waals surface area contributed by atoms with E-state index >= 15 is 0 Å². The molecule has 2 N–H and O–H groups in total. The molecular formula is C9H8N2O3. The Morgan fingerprint density at radius 3 is 2.79 bits per heavy atom. The number of hydrazone groups is 1. The summed E-state index contributed by atoms with van der Waals surface area (Å²) in [5, 5.41) is 12.3. The van der Waals surface area contributed by atoms with E-state index in [0.717, 1.165) is 6.21 Å². The number of carboxylic acids is 1. The zero-order valence-electron chi connectivity index (χ0n) is 7.18. The van der Waals surface area contributed by atoms with Gasteiger partial charge in [0.15, 0.2) is 6.29 Å². The molecule has 0 spiro atoms. The molecule has 0 fully saturated rings. The van der Waals surface area contributed by atoms with Gasteiger partial charge >= 0.3 is 5.97 Å². The van der Waals surface area contributed by atoms with Crippen LogP contribution < -0.4 is 5.43 Å². The molecule has 5 nitrogen and oxygen atoms in total. The Morgan fingerprint density at radius 2 is 2.14 bits per heavy atom. The lowest BCUT2D eigenvalue weighted by atomic mass is 10.2. The number of benzene rings is 1. The minimum Gasteiger partial charge on any atom is -0.478 e. The molecule has 0 aromatic heterocycles. The van der Waals surface area contributed by atoms with Gasteiger partial charge in [0.1, 0.15) is 0 Å². The molecule has 0 aliphatic carbocycles. The summed E-state index contributed by atoms with van der Waals surface area (Å²) in [5.74, 6) is -1.05. The van der Waals surface area contributed by atoms with Crippen molar-refractivity contribution >= 4 is 24.2 Å². The van der Waals surface area contributed by atoms with E-state index in [1.807, 2.05) is 0 Å². The summed E-state index contributed by atoms with van der Waals surface area (Å²) < 4.78 is 0. The first-order valence-corrected chi connectivity index (χ1v) is 3.81. The van der Waals surface area contributed by atoms with Gasteiger partial charge in [0, 0.05) is 0 Å². The second kappa shape index (κ2) is 4.76. The van der Waals surface area contributed by atoms with E-state index < -0.39 is 5.97 Å². The average Bonchev–Trinajstić information content (AvgIpc) is 2.19. The molecule has 1 rings (SSSR count). The highest BCUT2D eigenvalue weighted by molar-refractivity contribution is 6.13. The van der Waals surface area contributed by atoms with Gasteiger partial charge in [-0.3, -0.25) is 10.2 Å². The van der Waals surface area contributed by atoms with E-state index in [4.69, 9.17) is 5.11 Å². The number of hydrogen-bond donors (Lipinski definition) is 2. The molecule has 0 aliphatic rings. The van der Waals surface area contributed by atoms with Crippen LogP contribution in [-0.2, 0) is 4.79 Å². The Balaban J connectivity index is 2.89. The number of hydrogen-bond acceptors (Lipinski definition) is 4. The van der Waals surface area contributed by atoms with Gasteiger partial charge < -0.3 is 5.11 Å². The first-order chi connectivity index (χ1) is 6.75. The number of rotatable bonds is 4. The lowest BCUT2D eigenvalue weighted by Crippen LogP contribution is -2.01. The third-order valence-electron chi connectivity index (χ3n) is 1.48. The van der Waals surface area contributed by atoms with Crippen molar-refractivity contribution in [3.63, 3.8) is 0 Å². The molecular weight excluding hydrogens is 184 g/mol. The number of carbonyl (C=O) groups is 2. The number of nitrogens with one attached hydrogen (secondary N) is 1. The van der Waals surface area contributed by atoms with Crippen LogP contribution in [0.3, 0.4) is 0 Å². The van der Waals surface area contributed by atoms with Gasteiger partial charge in [0.05, 0.1) is 17.5 Å². The molecule has 0 amide bonds. The maximum Gasteiger partial charge on any atom is 0.337 e. The normalized spacial score (nSPS) is 10.0. The molecule has 0 saturated carbocycles. The summed E-state index contributed by atoms with van der Waals surface area (Å²) in [4.78, 5) is 20.6. The molecule has 0 atom stereocenters. The van der Waals surface area contributed by atoms with Crippen LogP contribution in [0.15, 0.2) is 29.4 Å². The predicted octanol–water partition coefficient (Wildman–Crippen LogP) is 0.981. The second-order valence-electron chi connectivity index (χ2n) is 2.38. The van der Waals surface area contributed by atoms with E-state index in [0.29, 0.717) is 12.0 Å². The highest BCUT2D eigenvalue weighted by Gasteiger charge is 2.07. The lowest BCUT2D eigenvalue weighted by molar-refractivity contribution is -0.102. The van der Waals surface area contributed by atoms with Gasteiger partial charge in [-0.1, -0.05) is 12.1 Å². The Morgan fingerprint density at radius 1 is 1.43 bits per heavy atom. The van der Waals surface area contributed by atoms with Crippen LogP contribution in [-0.4, -0.2) is 23.6 Å². The van der Waals surface area contributed by atoms with Crippen molar-refractivity contribution in [1.29, 1.82) is 0 Å². The summed E-state index contributed by atoms with van der Waals surface area (Å²) in [7, 11) is 0. The van der Waals surface area contributed by atoms with Crippen LogP contribution in [0.2, 0.25) is 0 Å². The molecule has 0 radical (unpaired) electrons. The van der Waals surface area contributed by atoms with Crippen molar-refractivity contribution < 1.29 is 14.7 Å². The molecule has 0 aliphatic heterocycles. The topological polar surface area (TPSA) is 78.8 Å². The van der Waals surface area contributed by atoms with Gasteiger partial charge in [-0.05, 0) is 12.1 Å². The average molecular weight is 192 g/mol. The first-order valence-electron chi connectivity index (χ1n) is 3.81. The Bertz CT molecular complexity index is 374. The van der Waals surface area contributed by atoms with Crippen LogP contribution >= 0.6 is 0 Å². The number of carbonyl (C=O) groups excluding carboxylic acids is 1. The van der Waals surface area contributed by atoms with Gasteiger partial charge in [0.25, 0.3) is 0 Å². The first kappa shape index (κ1) is 9.91. The maximum atomic E-state index is 10.7. The zero-order chi connectivity index (χ0) is 10.4. The molecule has 0 saturated heterocycles. The van der Waals surface area contributed by atoms with Crippen molar-refractivity contribution in [2.45, 2.75) is 0 Å². The molecule has 1 aromatic carbocycles. The standard InChI is InChI=1S/C9H8N2O3/c12-6-5-10-11-8-4-2-1-3-7(8)9(13)14/h1-6,11H,(H,13,14). The van der Waals surface area contributed by atoms with E-state index in [1.165, 1.54) is 6.07 Å². The quantitative estimate of drug-likeness (QED) is 0.423. The molecule has 5 heteroatoms. The lowest BCUT2D eigenvalue weighted by Gasteiger charge is -2.02. The van der Waals surface area contributed by atoms with E-state index in [9.17, 15) is 9.59 Å². The van der Waals surface area contributed by atoms with E-state index in [2.05, 4.69) is 10.5 Å². The van der Waals surface area contributed by atoms with Gasteiger partial charge in [-0.2, -0.15) is 5.10 Å². The predicted molar refractivity (Wildman–Crippen MR) is 51.6 cm³/mol. The van der Waals surface area contributed by atoms with Crippen molar-refractivity contribution in [1.82, 2.24) is 0 Å². The van der Waals surface area contributed by atoms with Crippen LogP contribution in [0.5, 0.6) is 0 Å². The third kappa shape index (κ3) is 2.41. The zero-order valence-corrected chi connectivity index (χ0v) is 7.18. The molecule has 0 unspecified atom stereocenters. The molecule has 72 valence electrons. The minimum atomic E-state index is -1.05. The van der Waals surface area contributed by atoms with Crippen LogP contribution in [0.4, 0.5) is 5.69 Å². The van der Waals surface area contributed by atoms with Crippen molar-refractivity contribution in [3.8, 4) is 0 Å². The van der Waals surface area contributed by atoms with Crippen molar-refractivity contribution in [2.24, 2.45) is 5.10 Å². The van der Waals surface area contributed by atoms with Crippen LogP contribution in [0.1, 0.15) is 10.4 Å². The Labute approximate surface area is 80.1 Å². The summed E-state index contributed by atoms with van der Waals surface area (Å²) in [5.41, 5.74) is 2.91. The van der Waals surface area contributed by atoms with E-state index in [-0.39, 0.29) is 5.56 Å². The van der Waals surface area contributed by atoms with Crippen LogP contribution in [0, 0.1) is 0 Å². The van der Waals surface area contributed by atoms with Crippen molar-refractivity contribution in [3.05, 3.63) is 29.8 Å². The number of carboxylic acid groups (broad SMARTS) is 1. The SMILES string of the molecule is O=CC=NNc1ccccc1C(=O)O. The minimum absolute atomic E-state index is 0.107. The fourth-order valence-corrected chi connectivity index (χ4v) is 0.904. The molecule has 14 heavy (non-hydrogen) atoms. The highest BCUT2D eigenvalue weighted by atomic mass is 16.4. The smallest absolute Gasteiger partial charge is 0.337 e. The number of aromatic carboxylic acids is 1. The maximum absolute atomic E-state index is 10.7. The molecule has 0 bridgehead atoms. The summed E-state index contributed by atoms with van der Waals surface area (Å²) in [6.07, 6.45) is 1.50. The number of nitrogens with zero attached hydrogens (tertiary/aromatic N) is 1. The third-order valence-corrected chi connectivity index (χ3v) is 1.48. The summed E-state index contributed by atoms with van der Waals surface area (Å²) in [6, 6.07) is 6.29. The van der Waals surface area contributed by atoms with Crippen molar-refractivity contribution in [2.75, 3.05) is 5.43 Å². The largest absolute Gasteiger partial charge is 0.478 e.